The van der Waals surface area contributed by atoms with Crippen LogP contribution >= 0.6 is 0 Å². The van der Waals surface area contributed by atoms with Gasteiger partial charge >= 0.3 is 12.2 Å². The molecule has 0 bridgehead atoms. The lowest BCUT2D eigenvalue weighted by Gasteiger charge is -2.36. The van der Waals surface area contributed by atoms with Crippen LogP contribution < -0.4 is 15.3 Å². The van der Waals surface area contributed by atoms with Crippen LogP contribution in [0.1, 0.15) is 51.9 Å². The minimum Gasteiger partial charge on any atom is -0.444 e. The molecule has 2 heterocycles. The molecule has 1 aromatic heterocycles. The van der Waals surface area contributed by atoms with Gasteiger partial charge in [-0.3, -0.25) is 4.79 Å². The molecule has 1 N–H and O–H groups in total. The molecule has 4 rings (SSSR count). The third kappa shape index (κ3) is 7.84. The average molecular weight is 566 g/mol. The number of rotatable bonds is 3. The molecule has 0 atom stereocenters. The van der Waals surface area contributed by atoms with Crippen LogP contribution in [0.4, 0.5) is 25.5 Å². The normalized spacial score (nSPS) is 14.0. The van der Waals surface area contributed by atoms with Gasteiger partial charge in [-0.05, 0) is 90.1 Å². The summed E-state index contributed by atoms with van der Waals surface area (Å²) < 4.78 is 24.8. The molecular weight excluding hydrogens is 529 g/mol. The monoisotopic (exact) mass is 565 g/mol. The van der Waals surface area contributed by atoms with Crippen LogP contribution in [0.25, 0.3) is 10.9 Å². The molecule has 3 amide bonds. The number of nitrogens with zero attached hydrogens (tertiary/aromatic N) is 4. The van der Waals surface area contributed by atoms with E-state index in [1.54, 1.807) is 43.9 Å². The van der Waals surface area contributed by atoms with Crippen molar-refractivity contribution in [2.45, 2.75) is 52.7 Å². The fraction of sp³-hybridized carbons (Fsp3) is 0.400. The number of piperazine rings is 1. The van der Waals surface area contributed by atoms with Gasteiger partial charge in [0.15, 0.2) is 0 Å². The molecule has 0 saturated carbocycles. The number of benzene rings is 2. The van der Waals surface area contributed by atoms with Gasteiger partial charge < -0.3 is 19.3 Å². The second-order valence-electron chi connectivity index (χ2n) is 11.8. The number of hydrogen-bond acceptors (Lipinski definition) is 7. The van der Waals surface area contributed by atoms with E-state index in [4.69, 9.17) is 14.5 Å². The highest BCUT2D eigenvalue weighted by Crippen LogP contribution is 2.24. The van der Waals surface area contributed by atoms with Crippen molar-refractivity contribution in [3.05, 3.63) is 66.0 Å². The Kier molecular flexibility index (Phi) is 8.37. The first-order chi connectivity index (χ1) is 19.2. The van der Waals surface area contributed by atoms with Crippen LogP contribution in [0.5, 0.6) is 0 Å². The zero-order valence-corrected chi connectivity index (χ0v) is 24.2. The zero-order chi connectivity index (χ0) is 29.9. The van der Waals surface area contributed by atoms with Gasteiger partial charge in [0.1, 0.15) is 22.8 Å². The van der Waals surface area contributed by atoms with E-state index in [0.29, 0.717) is 37.1 Å². The minimum absolute atomic E-state index is 0.139. The summed E-state index contributed by atoms with van der Waals surface area (Å²) in [6.07, 6.45) is -1.18. The summed E-state index contributed by atoms with van der Waals surface area (Å²) in [4.78, 5) is 47.0. The number of anilines is 2. The van der Waals surface area contributed by atoms with Crippen LogP contribution in [0, 0.1) is 5.82 Å². The Hall–Kier alpha value is -4.41. The highest BCUT2D eigenvalue weighted by atomic mass is 19.1. The molecule has 0 aliphatic carbocycles. The number of amides is 3. The van der Waals surface area contributed by atoms with Crippen LogP contribution in [0.3, 0.4) is 0 Å². The van der Waals surface area contributed by atoms with E-state index in [2.05, 4.69) is 10.3 Å². The Morgan fingerprint density at radius 1 is 0.878 bits per heavy atom. The number of carbonyl (C=O) groups is 3. The van der Waals surface area contributed by atoms with E-state index < -0.39 is 29.0 Å². The molecule has 11 heteroatoms. The molecule has 1 aliphatic heterocycles. The standard InChI is InChI=1S/C30H36FN5O5/c1-29(2,3)40-27(38)33-36(23-9-7-8-22(31)19-23)26(37)21-10-12-24-20(18-21)11-13-25(32-24)34-14-16-35(17-15-34)28(39)41-30(4,5)6/h7-13,18-19H,14-17H2,1-6H3,(H,33,38). The van der Waals surface area contributed by atoms with Crippen molar-refractivity contribution in [2.75, 3.05) is 36.1 Å². The lowest BCUT2D eigenvalue weighted by atomic mass is 10.1. The van der Waals surface area contributed by atoms with E-state index >= 15 is 0 Å². The van der Waals surface area contributed by atoms with E-state index in [1.807, 2.05) is 32.9 Å². The number of hydrazine groups is 1. The lowest BCUT2D eigenvalue weighted by Crippen LogP contribution is -2.50. The molecule has 3 aromatic rings. The molecule has 10 nitrogen and oxygen atoms in total. The second-order valence-corrected chi connectivity index (χ2v) is 11.8. The fourth-order valence-corrected chi connectivity index (χ4v) is 4.24. The molecule has 41 heavy (non-hydrogen) atoms. The molecule has 0 spiro atoms. The number of carbonyl (C=O) groups excluding carboxylic acids is 3. The van der Waals surface area contributed by atoms with Crippen LogP contribution in [-0.4, -0.2) is 65.4 Å². The highest BCUT2D eigenvalue weighted by Gasteiger charge is 2.27. The van der Waals surface area contributed by atoms with Gasteiger partial charge in [-0.2, -0.15) is 0 Å². The Labute approximate surface area is 239 Å². The molecule has 0 unspecified atom stereocenters. The predicted octanol–water partition coefficient (Wildman–Crippen LogP) is 5.52. The molecular formula is C30H36FN5O5. The smallest absolute Gasteiger partial charge is 0.427 e. The first-order valence-electron chi connectivity index (χ1n) is 13.4. The van der Waals surface area contributed by atoms with Crippen molar-refractivity contribution < 1.29 is 28.2 Å². The maximum Gasteiger partial charge on any atom is 0.427 e. The summed E-state index contributed by atoms with van der Waals surface area (Å²) in [5, 5.41) is 1.67. The van der Waals surface area contributed by atoms with Crippen molar-refractivity contribution in [1.29, 1.82) is 0 Å². The summed E-state index contributed by atoms with van der Waals surface area (Å²) in [6, 6.07) is 14.1. The second kappa shape index (κ2) is 11.6. The summed E-state index contributed by atoms with van der Waals surface area (Å²) in [5.74, 6) is -0.382. The Balaban J connectivity index is 1.51. The SMILES string of the molecule is CC(C)(C)OC(=O)NN(C(=O)c1ccc2nc(N3CCN(C(=O)OC(C)(C)C)CC3)ccc2c1)c1cccc(F)c1. The third-order valence-corrected chi connectivity index (χ3v) is 6.05. The van der Waals surface area contributed by atoms with Crippen molar-refractivity contribution >= 4 is 40.5 Å². The Morgan fingerprint density at radius 3 is 2.20 bits per heavy atom. The number of halogens is 1. The zero-order valence-electron chi connectivity index (χ0n) is 24.2. The average Bonchev–Trinajstić information content (AvgIpc) is 2.89. The van der Waals surface area contributed by atoms with Gasteiger partial charge in [-0.15, -0.1) is 0 Å². The summed E-state index contributed by atoms with van der Waals surface area (Å²) >= 11 is 0. The van der Waals surface area contributed by atoms with Crippen LogP contribution in [-0.2, 0) is 9.47 Å². The van der Waals surface area contributed by atoms with Crippen molar-refractivity contribution in [2.24, 2.45) is 0 Å². The van der Waals surface area contributed by atoms with Crippen LogP contribution in [0.2, 0.25) is 0 Å². The van der Waals surface area contributed by atoms with Crippen LogP contribution in [0.15, 0.2) is 54.6 Å². The summed E-state index contributed by atoms with van der Waals surface area (Å²) in [5.41, 5.74) is 2.17. The number of hydrogen-bond donors (Lipinski definition) is 1. The third-order valence-electron chi connectivity index (χ3n) is 6.05. The molecule has 218 valence electrons. The first-order valence-corrected chi connectivity index (χ1v) is 13.4. The molecule has 1 saturated heterocycles. The highest BCUT2D eigenvalue weighted by molar-refractivity contribution is 6.08. The van der Waals surface area contributed by atoms with E-state index in [1.165, 1.54) is 18.2 Å². The number of fused-ring (bicyclic) bond motifs is 1. The van der Waals surface area contributed by atoms with Gasteiger partial charge in [0.05, 0.1) is 11.2 Å². The van der Waals surface area contributed by atoms with E-state index in [9.17, 15) is 18.8 Å². The quantitative estimate of drug-likeness (QED) is 0.417. The largest absolute Gasteiger partial charge is 0.444 e. The van der Waals surface area contributed by atoms with Gasteiger partial charge in [-0.25, -0.2) is 29.4 Å². The van der Waals surface area contributed by atoms with E-state index in [0.717, 1.165) is 16.9 Å². The van der Waals surface area contributed by atoms with Crippen molar-refractivity contribution in [1.82, 2.24) is 15.3 Å². The summed E-state index contributed by atoms with van der Waals surface area (Å²) in [6.45, 7) is 12.9. The predicted molar refractivity (Wildman–Crippen MR) is 154 cm³/mol. The molecule has 0 radical (unpaired) electrons. The van der Waals surface area contributed by atoms with Gasteiger partial charge in [0, 0.05) is 37.1 Å². The van der Waals surface area contributed by atoms with Crippen molar-refractivity contribution in [3.8, 4) is 0 Å². The molecule has 1 aliphatic rings. The molecule has 2 aromatic carbocycles. The maximum absolute atomic E-state index is 14.0. The lowest BCUT2D eigenvalue weighted by molar-refractivity contribution is 0.0240. The topological polar surface area (TPSA) is 104 Å². The minimum atomic E-state index is -0.853. The maximum atomic E-state index is 14.0. The number of pyridine rings is 1. The van der Waals surface area contributed by atoms with Crippen molar-refractivity contribution in [3.63, 3.8) is 0 Å². The number of ether oxygens (including phenoxy) is 2. The number of aromatic nitrogens is 1. The van der Waals surface area contributed by atoms with Gasteiger partial charge in [0.25, 0.3) is 5.91 Å². The summed E-state index contributed by atoms with van der Waals surface area (Å²) in [7, 11) is 0. The fourth-order valence-electron chi connectivity index (χ4n) is 4.24. The Bertz CT molecular complexity index is 1440. The Morgan fingerprint density at radius 2 is 1.56 bits per heavy atom. The van der Waals surface area contributed by atoms with E-state index in [-0.39, 0.29) is 17.3 Å². The van der Waals surface area contributed by atoms with Gasteiger partial charge in [-0.1, -0.05) is 6.07 Å². The first kappa shape index (κ1) is 29.6. The van der Waals surface area contributed by atoms with Gasteiger partial charge in [0.2, 0.25) is 0 Å². The number of nitrogens with one attached hydrogen (secondary N) is 1. The molecule has 1 fully saturated rings.